The first kappa shape index (κ1) is 14.2. The molecule has 0 radical (unpaired) electrons. The van der Waals surface area contributed by atoms with E-state index in [1.165, 1.54) is 7.05 Å². The van der Waals surface area contributed by atoms with E-state index in [-0.39, 0.29) is 5.71 Å². The lowest BCUT2D eigenvalue weighted by Crippen LogP contribution is -2.60. The monoisotopic (exact) mass is 276 g/mol. The number of hydroxylamine groups is 1. The molecular weight excluding hydrogens is 260 g/mol. The first-order valence-electron chi connectivity index (χ1n) is 6.04. The topological polar surface area (TPSA) is 86.5 Å². The van der Waals surface area contributed by atoms with Crippen LogP contribution >= 0.6 is 0 Å². The number of nitrogens with one attached hydrogen (secondary N) is 1. The van der Waals surface area contributed by atoms with Crippen LogP contribution in [0.3, 0.4) is 0 Å². The number of hydrogen-bond acceptors (Lipinski definition) is 6. The molecule has 1 amide bonds. The number of hydrazone groups is 1. The fourth-order valence-corrected chi connectivity index (χ4v) is 2.04. The van der Waals surface area contributed by atoms with Gasteiger partial charge in [-0.15, -0.1) is 0 Å². The molecule has 2 N–H and O–H groups in total. The van der Waals surface area contributed by atoms with Crippen LogP contribution in [0.15, 0.2) is 40.6 Å². The molecule has 0 bridgehead atoms. The minimum absolute atomic E-state index is 0.263. The number of carbonyl (C=O) groups excluding carboxylic acids is 1. The van der Waals surface area contributed by atoms with Gasteiger partial charge in [0.25, 0.3) is 5.91 Å². The summed E-state index contributed by atoms with van der Waals surface area (Å²) in [4.78, 5) is 17.4. The maximum absolute atomic E-state index is 12.2. The van der Waals surface area contributed by atoms with Crippen LogP contribution in [0.2, 0.25) is 0 Å². The number of amides is 1. The van der Waals surface area contributed by atoms with Crippen molar-refractivity contribution in [3.05, 3.63) is 30.3 Å². The minimum Gasteiger partial charge on any atom is -0.357 e. The second kappa shape index (κ2) is 5.40. The normalized spacial score (nSPS) is 23.0. The van der Waals surface area contributed by atoms with Gasteiger partial charge in [0.15, 0.2) is 5.75 Å². The minimum atomic E-state index is -1.47. The average Bonchev–Trinajstić information content (AvgIpc) is 2.68. The number of para-hydroxylation sites is 1. The van der Waals surface area contributed by atoms with Crippen LogP contribution in [0.1, 0.15) is 13.8 Å². The summed E-state index contributed by atoms with van der Waals surface area (Å²) in [5.74, 6) is 0.115. The Morgan fingerprint density at radius 2 is 2.10 bits per heavy atom. The van der Waals surface area contributed by atoms with E-state index in [2.05, 4.69) is 10.3 Å². The van der Waals surface area contributed by atoms with E-state index >= 15 is 0 Å². The maximum atomic E-state index is 12.2. The van der Waals surface area contributed by atoms with Gasteiger partial charge in [-0.05, 0) is 26.0 Å². The molecule has 7 nitrogen and oxygen atoms in total. The average molecular weight is 276 g/mol. The molecular formula is C13H16N4O3. The zero-order valence-corrected chi connectivity index (χ0v) is 11.5. The molecule has 0 fully saturated rings. The van der Waals surface area contributed by atoms with Gasteiger partial charge in [-0.1, -0.05) is 23.4 Å². The van der Waals surface area contributed by atoms with Gasteiger partial charge in [0.05, 0.1) is 11.4 Å². The molecule has 7 heteroatoms. The SMILES string of the molecule is CC1=NN(C)C(=O)C1(NO)/C(C)=N\Oc1ccccc1. The van der Waals surface area contributed by atoms with Crippen LogP contribution in [-0.2, 0) is 4.79 Å². The van der Waals surface area contributed by atoms with Crippen molar-refractivity contribution in [2.75, 3.05) is 7.05 Å². The van der Waals surface area contributed by atoms with Crippen molar-refractivity contribution in [3.63, 3.8) is 0 Å². The van der Waals surface area contributed by atoms with Gasteiger partial charge in [-0.2, -0.15) is 10.6 Å². The first-order valence-corrected chi connectivity index (χ1v) is 6.04. The van der Waals surface area contributed by atoms with Crippen molar-refractivity contribution in [1.29, 1.82) is 0 Å². The summed E-state index contributed by atoms with van der Waals surface area (Å²) in [5.41, 5.74) is 1.20. The number of rotatable bonds is 4. The van der Waals surface area contributed by atoms with Crippen molar-refractivity contribution < 1.29 is 14.8 Å². The molecule has 20 heavy (non-hydrogen) atoms. The van der Waals surface area contributed by atoms with Crippen molar-refractivity contribution in [3.8, 4) is 5.75 Å². The van der Waals surface area contributed by atoms with Crippen molar-refractivity contribution in [2.24, 2.45) is 10.3 Å². The number of oxime groups is 1. The molecule has 1 aliphatic rings. The van der Waals surface area contributed by atoms with Gasteiger partial charge in [0.1, 0.15) is 0 Å². The van der Waals surface area contributed by atoms with Crippen LogP contribution in [-0.4, -0.2) is 40.1 Å². The third-order valence-corrected chi connectivity index (χ3v) is 3.20. The predicted molar refractivity (Wildman–Crippen MR) is 73.7 cm³/mol. The Balaban J connectivity index is 2.28. The largest absolute Gasteiger partial charge is 0.357 e. The summed E-state index contributed by atoms with van der Waals surface area (Å²) in [5, 5.41) is 18.5. The molecule has 2 rings (SSSR count). The molecule has 0 aliphatic carbocycles. The van der Waals surface area contributed by atoms with E-state index in [0.717, 1.165) is 5.01 Å². The van der Waals surface area contributed by atoms with Gasteiger partial charge in [0, 0.05) is 7.05 Å². The van der Waals surface area contributed by atoms with Crippen LogP contribution in [0.25, 0.3) is 0 Å². The van der Waals surface area contributed by atoms with Crippen LogP contribution in [0, 0.1) is 0 Å². The lowest BCUT2D eigenvalue weighted by Gasteiger charge is -2.24. The zero-order valence-electron chi connectivity index (χ0n) is 11.5. The second-order valence-corrected chi connectivity index (χ2v) is 4.46. The summed E-state index contributed by atoms with van der Waals surface area (Å²) < 4.78 is 0. The Labute approximate surface area is 116 Å². The number of nitrogens with zero attached hydrogens (tertiary/aromatic N) is 3. The molecule has 1 unspecified atom stereocenters. The fraction of sp³-hybridized carbons (Fsp3) is 0.308. The molecule has 0 saturated carbocycles. The van der Waals surface area contributed by atoms with Crippen LogP contribution in [0.4, 0.5) is 0 Å². The van der Waals surface area contributed by atoms with Gasteiger partial charge in [-0.3, -0.25) is 4.79 Å². The fourth-order valence-electron chi connectivity index (χ4n) is 2.04. The molecule has 0 aromatic heterocycles. The Hall–Kier alpha value is -2.25. The number of likely N-dealkylation sites (N-methyl/N-ethyl adjacent to an activating group) is 1. The van der Waals surface area contributed by atoms with E-state index in [1.54, 1.807) is 38.1 Å². The van der Waals surface area contributed by atoms with E-state index < -0.39 is 11.4 Å². The first-order chi connectivity index (χ1) is 9.52. The van der Waals surface area contributed by atoms with Gasteiger partial charge < -0.3 is 10.0 Å². The Morgan fingerprint density at radius 3 is 2.60 bits per heavy atom. The summed E-state index contributed by atoms with van der Waals surface area (Å²) in [6, 6.07) is 8.94. The summed E-state index contributed by atoms with van der Waals surface area (Å²) in [7, 11) is 1.51. The highest BCUT2D eigenvalue weighted by Gasteiger charge is 2.51. The van der Waals surface area contributed by atoms with Gasteiger partial charge in [-0.25, -0.2) is 5.01 Å². The highest BCUT2D eigenvalue weighted by molar-refractivity contribution is 6.32. The highest BCUT2D eigenvalue weighted by Crippen LogP contribution is 2.21. The zero-order chi connectivity index (χ0) is 14.8. The second-order valence-electron chi connectivity index (χ2n) is 4.46. The summed E-state index contributed by atoms with van der Waals surface area (Å²) in [6.07, 6.45) is 0. The number of carbonyl (C=O) groups is 1. The Bertz CT molecular complexity index is 570. The lowest BCUT2D eigenvalue weighted by atomic mass is 9.90. The van der Waals surface area contributed by atoms with Gasteiger partial charge in [0.2, 0.25) is 5.54 Å². The quantitative estimate of drug-likeness (QED) is 0.634. The van der Waals surface area contributed by atoms with E-state index in [4.69, 9.17) is 4.84 Å². The predicted octanol–water partition coefficient (Wildman–Crippen LogP) is 1.01. The maximum Gasteiger partial charge on any atom is 0.276 e. The molecule has 1 heterocycles. The molecule has 1 aromatic carbocycles. The highest BCUT2D eigenvalue weighted by atomic mass is 16.6. The molecule has 1 aromatic rings. The standard InChI is InChI=1S/C13H16N4O3/c1-9-13(16-19,12(18)17(3)14-9)10(2)15-20-11-7-5-4-6-8-11/h4-8,16,19H,1-3H3/b15-10-. The molecule has 1 atom stereocenters. The van der Waals surface area contributed by atoms with E-state index in [9.17, 15) is 10.0 Å². The summed E-state index contributed by atoms with van der Waals surface area (Å²) in [6.45, 7) is 3.22. The third kappa shape index (κ3) is 2.17. The third-order valence-electron chi connectivity index (χ3n) is 3.20. The molecule has 1 aliphatic heterocycles. The summed E-state index contributed by atoms with van der Waals surface area (Å²) >= 11 is 0. The molecule has 106 valence electrons. The Kier molecular flexibility index (Phi) is 3.82. The number of benzene rings is 1. The van der Waals surface area contributed by atoms with Gasteiger partial charge >= 0.3 is 0 Å². The lowest BCUT2D eigenvalue weighted by molar-refractivity contribution is -0.133. The van der Waals surface area contributed by atoms with E-state index in [1.807, 2.05) is 11.5 Å². The van der Waals surface area contributed by atoms with E-state index in [0.29, 0.717) is 11.5 Å². The van der Waals surface area contributed by atoms with Crippen LogP contribution < -0.4 is 10.3 Å². The molecule has 0 saturated heterocycles. The van der Waals surface area contributed by atoms with Crippen LogP contribution in [0.5, 0.6) is 5.75 Å². The smallest absolute Gasteiger partial charge is 0.276 e. The van der Waals surface area contributed by atoms with Crippen molar-refractivity contribution >= 4 is 17.3 Å². The number of hydrogen-bond donors (Lipinski definition) is 2. The Morgan fingerprint density at radius 1 is 1.45 bits per heavy atom. The molecule has 0 spiro atoms. The van der Waals surface area contributed by atoms with Crippen molar-refractivity contribution in [1.82, 2.24) is 10.5 Å². The van der Waals surface area contributed by atoms with Crippen molar-refractivity contribution in [2.45, 2.75) is 19.4 Å².